The average Bonchev–Trinajstić information content (AvgIpc) is 3.20. The van der Waals surface area contributed by atoms with Gasteiger partial charge in [0.1, 0.15) is 28.4 Å². The summed E-state index contributed by atoms with van der Waals surface area (Å²) in [7, 11) is 0. The second kappa shape index (κ2) is 20.3. The van der Waals surface area contributed by atoms with Crippen molar-refractivity contribution in [1.82, 2.24) is 0 Å². The number of benzene rings is 3. The van der Waals surface area contributed by atoms with Gasteiger partial charge in [-0.05, 0) is 85.9 Å². The number of carbonyl (C=O) groups excluding carboxylic acids is 3. The van der Waals surface area contributed by atoms with Crippen LogP contribution in [0.1, 0.15) is 83.4 Å². The number of esters is 3. The van der Waals surface area contributed by atoms with Gasteiger partial charge in [-0.1, -0.05) is 31.4 Å². The van der Waals surface area contributed by atoms with Gasteiger partial charge >= 0.3 is 48.7 Å². The molecule has 0 heterocycles. The number of rotatable bonds is 17. The maximum atomic E-state index is 15.8. The zero-order valence-electron chi connectivity index (χ0n) is 33.0. The molecule has 64 heavy (non-hydrogen) atoms. The number of hydrogen-bond acceptors (Lipinski definition) is 8. The van der Waals surface area contributed by atoms with Crippen LogP contribution in [0.3, 0.4) is 0 Å². The zero-order chi connectivity index (χ0) is 47.8. The Labute approximate surface area is 354 Å². The molecule has 3 aromatic rings. The second-order valence-electron chi connectivity index (χ2n) is 14.0. The van der Waals surface area contributed by atoms with Gasteiger partial charge in [0, 0.05) is 18.6 Å². The molecule has 1 fully saturated rings. The van der Waals surface area contributed by atoms with Gasteiger partial charge in [0.25, 0.3) is 0 Å². The van der Waals surface area contributed by atoms with Crippen molar-refractivity contribution in [2.45, 2.75) is 81.7 Å². The van der Waals surface area contributed by atoms with Gasteiger partial charge in [0.15, 0.2) is 0 Å². The summed E-state index contributed by atoms with van der Waals surface area (Å²) in [6.45, 7) is 5.36. The Balaban J connectivity index is 1.62. The van der Waals surface area contributed by atoms with E-state index in [9.17, 15) is 67.1 Å². The molecule has 4 rings (SSSR count). The first-order valence-electron chi connectivity index (χ1n) is 18.9. The van der Waals surface area contributed by atoms with Crippen molar-refractivity contribution in [3.8, 4) is 17.2 Å². The highest BCUT2D eigenvalue weighted by Crippen LogP contribution is 2.54. The molecule has 1 saturated carbocycles. The summed E-state index contributed by atoms with van der Waals surface area (Å²) in [4.78, 5) is 35.2. The summed E-state index contributed by atoms with van der Waals surface area (Å²) in [6, 6.07) is 5.98. The second-order valence-corrected chi connectivity index (χ2v) is 14.0. The van der Waals surface area contributed by atoms with Crippen LogP contribution in [0, 0.1) is 5.92 Å². The highest BCUT2D eigenvalue weighted by Gasteiger charge is 2.55. The van der Waals surface area contributed by atoms with E-state index in [1.54, 1.807) is 12.1 Å². The standard InChI is InChI=1S/C42H36F14O8/c1-3-31(57)61-21-6-5-20-60-29-17-18-30(36(41(52,53)54)35(29)40(49,50)51)64-42(55,56)28-16-15-27(33(38(43,44)45)34(28)39(46,47)48)24-9-11-25(12-10-24)37(59)63-26-13-7-23(8-14-26)19-22-62-32(58)4-2/h3-4,7-8,13-18,24-25H,1-2,5-6,9-12,19-22H2. The molecule has 0 aliphatic heterocycles. The molecule has 8 nitrogen and oxygen atoms in total. The molecule has 0 amide bonds. The van der Waals surface area contributed by atoms with Gasteiger partial charge in [-0.25, -0.2) is 9.59 Å². The molecule has 0 spiro atoms. The van der Waals surface area contributed by atoms with Crippen LogP contribution in [0.5, 0.6) is 17.2 Å². The van der Waals surface area contributed by atoms with E-state index in [1.807, 2.05) is 0 Å². The summed E-state index contributed by atoms with van der Waals surface area (Å²) in [6.07, 6.45) is -29.9. The molecule has 22 heteroatoms. The van der Waals surface area contributed by atoms with Crippen molar-refractivity contribution in [3.63, 3.8) is 0 Å². The van der Waals surface area contributed by atoms with Crippen LogP contribution in [-0.2, 0) is 61.1 Å². The molecule has 350 valence electrons. The minimum absolute atomic E-state index is 0.0229. The zero-order valence-corrected chi connectivity index (χ0v) is 33.0. The normalized spacial score (nSPS) is 16.1. The van der Waals surface area contributed by atoms with Crippen LogP contribution in [0.4, 0.5) is 61.5 Å². The van der Waals surface area contributed by atoms with E-state index in [0.717, 1.165) is 12.2 Å². The number of carbonyl (C=O) groups is 3. The Bertz CT molecular complexity index is 2150. The summed E-state index contributed by atoms with van der Waals surface area (Å²) < 4.78 is 229. The van der Waals surface area contributed by atoms with Gasteiger partial charge < -0.3 is 23.7 Å². The third kappa shape index (κ3) is 13.1. The minimum atomic E-state index is -6.30. The number of hydrogen-bond donors (Lipinski definition) is 0. The monoisotopic (exact) mass is 934 g/mol. The molecule has 0 aromatic heterocycles. The lowest BCUT2D eigenvalue weighted by atomic mass is 9.76. The molecule has 0 atom stereocenters. The first-order valence-corrected chi connectivity index (χ1v) is 18.9. The van der Waals surface area contributed by atoms with Crippen LogP contribution < -0.4 is 14.2 Å². The first-order chi connectivity index (χ1) is 29.7. The van der Waals surface area contributed by atoms with E-state index in [0.29, 0.717) is 12.0 Å². The lowest BCUT2D eigenvalue weighted by Gasteiger charge is -2.32. The molecule has 0 bridgehead atoms. The fraction of sp³-hybridized carbons (Fsp3) is 0.405. The van der Waals surface area contributed by atoms with Crippen LogP contribution >= 0.6 is 0 Å². The fourth-order valence-electron chi connectivity index (χ4n) is 6.84. The van der Waals surface area contributed by atoms with Crippen molar-refractivity contribution in [2.24, 2.45) is 5.92 Å². The molecular formula is C42H36F14O8. The Morgan fingerprint density at radius 3 is 1.61 bits per heavy atom. The smallest absolute Gasteiger partial charge is 0.427 e. The van der Waals surface area contributed by atoms with Crippen LogP contribution in [0.2, 0.25) is 0 Å². The van der Waals surface area contributed by atoms with Crippen molar-refractivity contribution in [3.05, 3.63) is 113 Å². The van der Waals surface area contributed by atoms with E-state index < -0.39 is 112 Å². The van der Waals surface area contributed by atoms with Crippen molar-refractivity contribution in [2.75, 3.05) is 19.8 Å². The molecule has 1 aliphatic rings. The summed E-state index contributed by atoms with van der Waals surface area (Å²) in [5.74, 6) is -8.63. The Kier molecular flexibility index (Phi) is 16.1. The van der Waals surface area contributed by atoms with Gasteiger partial charge in [-0.2, -0.15) is 61.5 Å². The molecule has 0 saturated heterocycles. The average molecular weight is 935 g/mol. The highest BCUT2D eigenvalue weighted by atomic mass is 19.4. The van der Waals surface area contributed by atoms with E-state index >= 15 is 8.78 Å². The van der Waals surface area contributed by atoms with Crippen LogP contribution in [0.25, 0.3) is 0 Å². The lowest BCUT2D eigenvalue weighted by molar-refractivity contribution is -0.204. The molecular weight excluding hydrogens is 898 g/mol. The Morgan fingerprint density at radius 2 is 1.08 bits per heavy atom. The predicted molar refractivity (Wildman–Crippen MR) is 195 cm³/mol. The Morgan fingerprint density at radius 1 is 0.578 bits per heavy atom. The number of unbranched alkanes of at least 4 members (excludes halogenated alkanes) is 1. The number of alkyl halides is 14. The van der Waals surface area contributed by atoms with Gasteiger partial charge in [0.05, 0.1) is 42.4 Å². The van der Waals surface area contributed by atoms with Gasteiger partial charge in [0.2, 0.25) is 0 Å². The summed E-state index contributed by atoms with van der Waals surface area (Å²) >= 11 is 0. The largest absolute Gasteiger partial charge is 0.493 e. The van der Waals surface area contributed by atoms with E-state index in [2.05, 4.69) is 22.6 Å². The topological polar surface area (TPSA) is 97.4 Å². The third-order valence-corrected chi connectivity index (χ3v) is 9.70. The summed E-state index contributed by atoms with van der Waals surface area (Å²) in [5.41, 5.74) is -14.5. The van der Waals surface area contributed by atoms with E-state index in [-0.39, 0.29) is 81.8 Å². The van der Waals surface area contributed by atoms with E-state index in [4.69, 9.17) is 14.2 Å². The fourth-order valence-corrected chi connectivity index (χ4v) is 6.84. The Hall–Kier alpha value is -5.83. The quantitative estimate of drug-likeness (QED) is 0.0434. The van der Waals surface area contributed by atoms with Crippen molar-refractivity contribution in [1.29, 1.82) is 0 Å². The SMILES string of the molecule is C=CC(=O)OCCCCOc1ccc(OC(F)(F)c2ccc(C3CCC(C(=O)Oc4ccc(CCOC(=O)C=C)cc4)CC3)c(C(F)(F)F)c2C(F)(F)F)c(C(F)(F)F)c1C(F)(F)F. The van der Waals surface area contributed by atoms with Crippen molar-refractivity contribution >= 4 is 17.9 Å². The first kappa shape index (κ1) is 50.8. The molecule has 0 radical (unpaired) electrons. The van der Waals surface area contributed by atoms with E-state index in [1.165, 1.54) is 12.1 Å². The predicted octanol–water partition coefficient (Wildman–Crippen LogP) is 11.9. The molecule has 1 aliphatic carbocycles. The maximum Gasteiger partial charge on any atom is 0.427 e. The van der Waals surface area contributed by atoms with Crippen LogP contribution in [-0.4, -0.2) is 37.7 Å². The van der Waals surface area contributed by atoms with Crippen molar-refractivity contribution < 1.29 is 99.5 Å². The number of halogens is 14. The molecule has 0 unspecified atom stereocenters. The third-order valence-electron chi connectivity index (χ3n) is 9.70. The van der Waals surface area contributed by atoms with Gasteiger partial charge in [-0.15, -0.1) is 0 Å². The minimum Gasteiger partial charge on any atom is -0.493 e. The molecule has 0 N–H and O–H groups in total. The molecule has 3 aromatic carbocycles. The van der Waals surface area contributed by atoms with Crippen LogP contribution in [0.15, 0.2) is 73.8 Å². The lowest BCUT2D eigenvalue weighted by Crippen LogP contribution is -2.32. The summed E-state index contributed by atoms with van der Waals surface area (Å²) in [5, 5.41) is 0. The number of ether oxygens (including phenoxy) is 5. The highest BCUT2D eigenvalue weighted by molar-refractivity contribution is 5.81. The van der Waals surface area contributed by atoms with Gasteiger partial charge in [-0.3, -0.25) is 4.79 Å². The maximum absolute atomic E-state index is 15.8.